The summed E-state index contributed by atoms with van der Waals surface area (Å²) >= 11 is 0. The van der Waals surface area contributed by atoms with Crippen LogP contribution in [0.3, 0.4) is 0 Å². The smallest absolute Gasteiger partial charge is 0.258 e. The van der Waals surface area contributed by atoms with Crippen molar-refractivity contribution in [2.75, 3.05) is 15.5 Å². The van der Waals surface area contributed by atoms with E-state index in [9.17, 15) is 9.59 Å². The molecule has 0 aliphatic rings. The highest BCUT2D eigenvalue weighted by molar-refractivity contribution is 6.16. The van der Waals surface area contributed by atoms with Crippen LogP contribution in [0.5, 0.6) is 0 Å². The van der Waals surface area contributed by atoms with Crippen LogP contribution in [0.2, 0.25) is 0 Å². The van der Waals surface area contributed by atoms with Crippen molar-refractivity contribution in [3.63, 3.8) is 0 Å². The van der Waals surface area contributed by atoms with Crippen LogP contribution in [-0.2, 0) is 0 Å². The lowest BCUT2D eigenvalue weighted by Gasteiger charge is -2.31. The Morgan fingerprint density at radius 2 is 0.959 bits per heavy atom. The lowest BCUT2D eigenvalue weighted by molar-refractivity contribution is 0.101. The molecule has 7 nitrogen and oxygen atoms in total. The van der Waals surface area contributed by atoms with Gasteiger partial charge in [0.25, 0.3) is 11.8 Å². The van der Waals surface area contributed by atoms with E-state index in [1.807, 2.05) is 148 Å². The largest absolute Gasteiger partial charge is 0.320 e. The first-order chi connectivity index (χ1) is 23.8. The molecular weight excluding hydrogens is 606 g/mol. The first kappa shape index (κ1) is 31.3. The molecule has 0 aliphatic carbocycles. The third-order valence-electron chi connectivity index (χ3n) is 9.14. The second-order valence-corrected chi connectivity index (χ2v) is 12.1. The van der Waals surface area contributed by atoms with Gasteiger partial charge in [0, 0.05) is 28.9 Å². The summed E-state index contributed by atoms with van der Waals surface area (Å²) in [5, 5.41) is 8.18. The summed E-state index contributed by atoms with van der Waals surface area (Å²) in [4.78, 5) is 40.0. The molecule has 2 N–H and O–H groups in total. The SMILES string of the molecule is Cc1ccc(N(c2ccccc2)c2ccc(C)c(C)c2C(=O)Nc2cccc3cccnc23)c(C(=O)Nc2cccc3cccnc23)c1C. The van der Waals surface area contributed by atoms with Crippen LogP contribution in [-0.4, -0.2) is 21.8 Å². The fourth-order valence-corrected chi connectivity index (χ4v) is 6.31. The van der Waals surface area contributed by atoms with Crippen LogP contribution in [0, 0.1) is 27.7 Å². The van der Waals surface area contributed by atoms with Crippen molar-refractivity contribution in [1.29, 1.82) is 0 Å². The lowest BCUT2D eigenvalue weighted by atomic mass is 9.95. The highest BCUT2D eigenvalue weighted by Gasteiger charge is 2.28. The van der Waals surface area contributed by atoms with E-state index in [1.165, 1.54) is 0 Å². The molecule has 0 radical (unpaired) electrons. The predicted octanol–water partition coefficient (Wildman–Crippen LogP) is 9.99. The van der Waals surface area contributed by atoms with Gasteiger partial charge in [0.1, 0.15) is 0 Å². The van der Waals surface area contributed by atoms with Gasteiger partial charge in [0.2, 0.25) is 0 Å². The summed E-state index contributed by atoms with van der Waals surface area (Å²) < 4.78 is 0. The van der Waals surface area contributed by atoms with Gasteiger partial charge in [-0.15, -0.1) is 0 Å². The molecule has 2 amide bonds. The van der Waals surface area contributed by atoms with Gasteiger partial charge in [-0.3, -0.25) is 19.6 Å². The molecule has 0 saturated carbocycles. The number of carbonyl (C=O) groups excluding carboxylic acids is 2. The molecule has 5 aromatic carbocycles. The van der Waals surface area contributed by atoms with Crippen molar-refractivity contribution in [2.45, 2.75) is 27.7 Å². The standard InChI is InChI=1S/C42H35N5O2/c1-26-20-22-35(37(28(26)3)41(48)45-33-18-8-12-30-14-10-24-43-39(30)33)47(32-16-6-5-7-17-32)36-23-21-27(2)29(4)38(36)42(49)46-34-19-9-13-31-15-11-25-44-40(31)34/h5-25H,1-4H3,(H,45,48)(H,46,49). The maximum atomic E-state index is 14.5. The summed E-state index contributed by atoms with van der Waals surface area (Å²) in [7, 11) is 0. The summed E-state index contributed by atoms with van der Waals surface area (Å²) in [6.45, 7) is 7.91. The number of hydrogen-bond acceptors (Lipinski definition) is 5. The van der Waals surface area contributed by atoms with E-state index < -0.39 is 0 Å². The first-order valence-corrected chi connectivity index (χ1v) is 16.2. The Kier molecular flexibility index (Phi) is 8.32. The Bertz CT molecular complexity index is 2230. The molecule has 7 aromatic rings. The van der Waals surface area contributed by atoms with Crippen LogP contribution in [0.25, 0.3) is 21.8 Å². The zero-order valence-corrected chi connectivity index (χ0v) is 27.8. The number of anilines is 5. The second kappa shape index (κ2) is 13.0. The first-order valence-electron chi connectivity index (χ1n) is 16.2. The molecule has 0 aliphatic heterocycles. The Morgan fingerprint density at radius 3 is 1.43 bits per heavy atom. The Morgan fingerprint density at radius 1 is 0.510 bits per heavy atom. The van der Waals surface area contributed by atoms with E-state index >= 15 is 0 Å². The van der Waals surface area contributed by atoms with E-state index in [-0.39, 0.29) is 11.8 Å². The summed E-state index contributed by atoms with van der Waals surface area (Å²) in [5.74, 6) is -0.543. The number of para-hydroxylation sites is 3. The van der Waals surface area contributed by atoms with Crippen molar-refractivity contribution in [3.8, 4) is 0 Å². The summed E-state index contributed by atoms with van der Waals surface area (Å²) in [6, 6.07) is 36.9. The minimum Gasteiger partial charge on any atom is -0.320 e. The normalized spacial score (nSPS) is 11.0. The van der Waals surface area contributed by atoms with Crippen LogP contribution in [0.15, 0.2) is 128 Å². The fraction of sp³-hybridized carbons (Fsp3) is 0.0952. The molecule has 7 heteroatoms. The number of fused-ring (bicyclic) bond motifs is 2. The minimum absolute atomic E-state index is 0.271. The Balaban J connectivity index is 1.40. The molecule has 2 aromatic heterocycles. The molecular formula is C42H35N5O2. The number of aryl methyl sites for hydroxylation is 2. The summed E-state index contributed by atoms with van der Waals surface area (Å²) in [6.07, 6.45) is 3.44. The Labute approximate surface area is 285 Å². The van der Waals surface area contributed by atoms with E-state index in [0.717, 1.165) is 38.7 Å². The highest BCUT2D eigenvalue weighted by Crippen LogP contribution is 2.42. The molecule has 49 heavy (non-hydrogen) atoms. The third kappa shape index (κ3) is 5.87. The number of amides is 2. The van der Waals surface area contributed by atoms with Crippen molar-refractivity contribution >= 4 is 62.1 Å². The predicted molar refractivity (Wildman–Crippen MR) is 199 cm³/mol. The van der Waals surface area contributed by atoms with E-state index in [0.29, 0.717) is 44.9 Å². The number of rotatable bonds is 7. The van der Waals surface area contributed by atoms with Gasteiger partial charge < -0.3 is 15.5 Å². The van der Waals surface area contributed by atoms with Crippen LogP contribution in [0.4, 0.5) is 28.4 Å². The number of aromatic nitrogens is 2. The second-order valence-electron chi connectivity index (χ2n) is 12.1. The Hall–Kier alpha value is -6.34. The maximum absolute atomic E-state index is 14.5. The van der Waals surface area contributed by atoms with E-state index in [1.54, 1.807) is 12.4 Å². The van der Waals surface area contributed by atoms with Crippen molar-refractivity contribution in [3.05, 3.63) is 161 Å². The van der Waals surface area contributed by atoms with Gasteiger partial charge in [-0.1, -0.05) is 66.7 Å². The molecule has 0 unspecified atom stereocenters. The molecule has 240 valence electrons. The van der Waals surface area contributed by atoms with Crippen molar-refractivity contribution in [1.82, 2.24) is 9.97 Å². The lowest BCUT2D eigenvalue weighted by Crippen LogP contribution is -2.24. The van der Waals surface area contributed by atoms with Crippen LogP contribution >= 0.6 is 0 Å². The molecule has 2 heterocycles. The molecule has 0 saturated heterocycles. The van der Waals surface area contributed by atoms with Gasteiger partial charge in [-0.2, -0.15) is 0 Å². The van der Waals surface area contributed by atoms with Gasteiger partial charge >= 0.3 is 0 Å². The zero-order valence-electron chi connectivity index (χ0n) is 27.8. The number of benzene rings is 5. The topological polar surface area (TPSA) is 87.2 Å². The minimum atomic E-state index is -0.271. The fourth-order valence-electron chi connectivity index (χ4n) is 6.31. The number of nitrogens with one attached hydrogen (secondary N) is 2. The summed E-state index contributed by atoms with van der Waals surface area (Å²) in [5.41, 5.74) is 9.36. The molecule has 0 spiro atoms. The number of pyridine rings is 2. The number of nitrogens with zero attached hydrogens (tertiary/aromatic N) is 3. The van der Waals surface area contributed by atoms with Gasteiger partial charge in [-0.05, 0) is 98.5 Å². The third-order valence-corrected chi connectivity index (χ3v) is 9.14. The van der Waals surface area contributed by atoms with Gasteiger partial charge in [0.05, 0.1) is 44.9 Å². The number of hydrogen-bond donors (Lipinski definition) is 2. The molecule has 0 fully saturated rings. The van der Waals surface area contributed by atoms with Crippen molar-refractivity contribution in [2.24, 2.45) is 0 Å². The molecule has 7 rings (SSSR count). The average molecular weight is 642 g/mol. The molecule has 0 bridgehead atoms. The van der Waals surface area contributed by atoms with Crippen LogP contribution < -0.4 is 15.5 Å². The van der Waals surface area contributed by atoms with E-state index in [4.69, 9.17) is 0 Å². The van der Waals surface area contributed by atoms with E-state index in [2.05, 4.69) is 20.6 Å². The zero-order chi connectivity index (χ0) is 34.1. The van der Waals surface area contributed by atoms with Gasteiger partial charge in [0.15, 0.2) is 0 Å². The monoisotopic (exact) mass is 641 g/mol. The van der Waals surface area contributed by atoms with Gasteiger partial charge in [-0.25, -0.2) is 0 Å². The number of carbonyl (C=O) groups is 2. The highest BCUT2D eigenvalue weighted by atomic mass is 16.2. The molecule has 0 atom stereocenters. The van der Waals surface area contributed by atoms with Crippen molar-refractivity contribution < 1.29 is 9.59 Å². The average Bonchev–Trinajstić information content (AvgIpc) is 3.12. The maximum Gasteiger partial charge on any atom is 0.258 e. The van der Waals surface area contributed by atoms with Crippen LogP contribution in [0.1, 0.15) is 43.0 Å². The quantitative estimate of drug-likeness (QED) is 0.181.